The number of carboxylic acids is 1. The van der Waals surface area contributed by atoms with E-state index in [0.29, 0.717) is 31.9 Å². The zero-order valence-corrected chi connectivity index (χ0v) is 11.9. The molecule has 1 aromatic rings. The minimum absolute atomic E-state index is 0.000296. The van der Waals surface area contributed by atoms with E-state index in [0.717, 1.165) is 0 Å². The molecule has 0 bridgehead atoms. The van der Waals surface area contributed by atoms with Crippen molar-refractivity contribution in [2.75, 3.05) is 26.2 Å². The monoisotopic (exact) mass is 295 g/mol. The van der Waals surface area contributed by atoms with Crippen LogP contribution < -0.4 is 0 Å². The fraction of sp³-hybridized carbons (Fsp3) is 0.583. The van der Waals surface area contributed by atoms with Gasteiger partial charge in [0.2, 0.25) is 11.8 Å². The highest BCUT2D eigenvalue weighted by Gasteiger charge is 2.24. The highest BCUT2D eigenvalue weighted by atomic mass is 16.4. The van der Waals surface area contributed by atoms with Gasteiger partial charge in [-0.05, 0) is 6.92 Å². The van der Waals surface area contributed by atoms with Gasteiger partial charge in [-0.2, -0.15) is 0 Å². The number of piperazine rings is 1. The van der Waals surface area contributed by atoms with E-state index in [2.05, 4.69) is 10.3 Å². The van der Waals surface area contributed by atoms with Gasteiger partial charge in [0.05, 0.1) is 5.69 Å². The molecule has 2 heterocycles. The molecule has 1 aliphatic rings. The average molecular weight is 295 g/mol. The Bertz CT molecular complexity index is 574. The van der Waals surface area contributed by atoms with Gasteiger partial charge in [-0.1, -0.05) is 5.21 Å². The molecular weight excluding hydrogens is 278 g/mol. The van der Waals surface area contributed by atoms with Gasteiger partial charge in [-0.25, -0.2) is 9.48 Å². The minimum Gasteiger partial charge on any atom is -0.476 e. The molecule has 2 amide bonds. The first-order valence-electron chi connectivity index (χ1n) is 6.57. The number of nitrogens with zero attached hydrogens (tertiary/aromatic N) is 5. The molecule has 9 nitrogen and oxygen atoms in total. The van der Waals surface area contributed by atoms with Crippen molar-refractivity contribution in [1.82, 2.24) is 24.8 Å². The summed E-state index contributed by atoms with van der Waals surface area (Å²) in [4.78, 5) is 37.6. The van der Waals surface area contributed by atoms with Crippen LogP contribution in [0.4, 0.5) is 0 Å². The molecule has 0 radical (unpaired) electrons. The maximum Gasteiger partial charge on any atom is 0.358 e. The van der Waals surface area contributed by atoms with Crippen molar-refractivity contribution in [1.29, 1.82) is 0 Å². The van der Waals surface area contributed by atoms with Crippen LogP contribution >= 0.6 is 0 Å². The quantitative estimate of drug-likeness (QED) is 0.764. The number of carbonyl (C=O) groups is 3. The Kier molecular flexibility index (Phi) is 4.20. The van der Waals surface area contributed by atoms with Gasteiger partial charge in [0.15, 0.2) is 5.69 Å². The summed E-state index contributed by atoms with van der Waals surface area (Å²) in [5, 5.41) is 16.1. The maximum atomic E-state index is 12.2. The van der Waals surface area contributed by atoms with Crippen molar-refractivity contribution in [2.24, 2.45) is 0 Å². The fourth-order valence-corrected chi connectivity index (χ4v) is 2.21. The van der Waals surface area contributed by atoms with Crippen molar-refractivity contribution in [3.05, 3.63) is 11.4 Å². The molecule has 0 unspecified atom stereocenters. The fourth-order valence-electron chi connectivity index (χ4n) is 2.21. The lowest BCUT2D eigenvalue weighted by molar-refractivity contribution is -0.139. The number of hydrogen-bond donors (Lipinski definition) is 1. The molecule has 1 aliphatic heterocycles. The Hall–Kier alpha value is -2.45. The SMILES string of the molecule is CC(=O)N1CCN(C(=O)Cn2nnc(C(=O)O)c2C)CC1. The van der Waals surface area contributed by atoms with Crippen LogP contribution in [0.15, 0.2) is 0 Å². The number of aromatic carboxylic acids is 1. The zero-order valence-electron chi connectivity index (χ0n) is 11.9. The Labute approximate surface area is 121 Å². The normalized spacial score (nSPS) is 15.1. The van der Waals surface area contributed by atoms with Crippen LogP contribution in [-0.2, 0) is 16.1 Å². The molecule has 2 rings (SSSR count). The van der Waals surface area contributed by atoms with Crippen molar-refractivity contribution in [3.63, 3.8) is 0 Å². The molecule has 1 aromatic heterocycles. The van der Waals surface area contributed by atoms with Crippen LogP contribution in [0.1, 0.15) is 23.1 Å². The summed E-state index contributed by atoms with van der Waals surface area (Å²) in [7, 11) is 0. The lowest BCUT2D eigenvalue weighted by atomic mass is 10.3. The smallest absolute Gasteiger partial charge is 0.358 e. The molecule has 0 aromatic carbocycles. The molecule has 0 saturated carbocycles. The van der Waals surface area contributed by atoms with Crippen LogP contribution in [0, 0.1) is 6.92 Å². The second kappa shape index (κ2) is 5.90. The van der Waals surface area contributed by atoms with E-state index in [-0.39, 0.29) is 24.1 Å². The molecule has 1 saturated heterocycles. The molecule has 0 atom stereocenters. The van der Waals surface area contributed by atoms with Gasteiger partial charge in [0.25, 0.3) is 0 Å². The lowest BCUT2D eigenvalue weighted by Gasteiger charge is -2.34. The van der Waals surface area contributed by atoms with Crippen molar-refractivity contribution in [2.45, 2.75) is 20.4 Å². The van der Waals surface area contributed by atoms with Gasteiger partial charge < -0.3 is 14.9 Å². The van der Waals surface area contributed by atoms with Crippen LogP contribution in [0.5, 0.6) is 0 Å². The molecule has 0 spiro atoms. The first-order chi connectivity index (χ1) is 9.90. The second-order valence-electron chi connectivity index (χ2n) is 4.87. The second-order valence-corrected chi connectivity index (χ2v) is 4.87. The van der Waals surface area contributed by atoms with E-state index in [4.69, 9.17) is 5.11 Å². The molecule has 1 N–H and O–H groups in total. The summed E-state index contributed by atoms with van der Waals surface area (Å²) in [5.41, 5.74) is 0.197. The molecule has 9 heteroatoms. The third-order valence-corrected chi connectivity index (χ3v) is 3.55. The Balaban J connectivity index is 1.97. The topological polar surface area (TPSA) is 109 Å². The minimum atomic E-state index is -1.17. The Morgan fingerprint density at radius 3 is 2.19 bits per heavy atom. The van der Waals surface area contributed by atoms with E-state index >= 15 is 0 Å². The third-order valence-electron chi connectivity index (χ3n) is 3.55. The molecule has 0 aliphatic carbocycles. The van der Waals surface area contributed by atoms with Gasteiger partial charge in [0, 0.05) is 33.1 Å². The van der Waals surface area contributed by atoms with E-state index in [1.807, 2.05) is 0 Å². The summed E-state index contributed by atoms with van der Waals surface area (Å²) < 4.78 is 1.28. The molecule has 1 fully saturated rings. The third kappa shape index (κ3) is 3.18. The van der Waals surface area contributed by atoms with E-state index < -0.39 is 5.97 Å². The standard InChI is InChI=1S/C12H17N5O4/c1-8-11(12(20)21)13-14-17(8)7-10(19)16-5-3-15(4-6-16)9(2)18/h3-7H2,1-2H3,(H,20,21). The van der Waals surface area contributed by atoms with Gasteiger partial charge in [0.1, 0.15) is 6.54 Å². The average Bonchev–Trinajstić information content (AvgIpc) is 2.80. The summed E-state index contributed by atoms with van der Waals surface area (Å²) in [5.74, 6) is -1.33. The number of carbonyl (C=O) groups excluding carboxylic acids is 2. The highest BCUT2D eigenvalue weighted by molar-refractivity contribution is 5.86. The number of amides is 2. The van der Waals surface area contributed by atoms with Gasteiger partial charge >= 0.3 is 5.97 Å². The van der Waals surface area contributed by atoms with Crippen LogP contribution in [0.3, 0.4) is 0 Å². The Morgan fingerprint density at radius 1 is 1.14 bits per heavy atom. The van der Waals surface area contributed by atoms with Crippen LogP contribution in [-0.4, -0.2) is 73.9 Å². The first-order valence-corrected chi connectivity index (χ1v) is 6.57. The van der Waals surface area contributed by atoms with E-state index in [9.17, 15) is 14.4 Å². The number of carboxylic acid groups (broad SMARTS) is 1. The predicted molar refractivity (Wildman–Crippen MR) is 70.6 cm³/mol. The predicted octanol–water partition coefficient (Wildman–Crippen LogP) is -1.02. The van der Waals surface area contributed by atoms with Crippen LogP contribution in [0.2, 0.25) is 0 Å². The van der Waals surface area contributed by atoms with Crippen molar-refractivity contribution in [3.8, 4) is 0 Å². The summed E-state index contributed by atoms with van der Waals surface area (Å²) in [6, 6.07) is 0. The number of rotatable bonds is 3. The molecular formula is C12H17N5O4. The maximum absolute atomic E-state index is 12.2. The summed E-state index contributed by atoms with van der Waals surface area (Å²) in [6.07, 6.45) is 0. The summed E-state index contributed by atoms with van der Waals surface area (Å²) >= 11 is 0. The van der Waals surface area contributed by atoms with Crippen LogP contribution in [0.25, 0.3) is 0 Å². The number of hydrogen-bond acceptors (Lipinski definition) is 5. The van der Waals surface area contributed by atoms with Gasteiger partial charge in [-0.15, -0.1) is 5.10 Å². The largest absolute Gasteiger partial charge is 0.476 e. The van der Waals surface area contributed by atoms with E-state index in [1.165, 1.54) is 11.6 Å². The van der Waals surface area contributed by atoms with Gasteiger partial charge in [-0.3, -0.25) is 9.59 Å². The molecule has 114 valence electrons. The Morgan fingerprint density at radius 2 is 1.71 bits per heavy atom. The van der Waals surface area contributed by atoms with Crippen molar-refractivity contribution < 1.29 is 19.5 Å². The zero-order chi connectivity index (χ0) is 15.6. The number of aromatic nitrogens is 3. The summed E-state index contributed by atoms with van der Waals surface area (Å²) in [6.45, 7) is 4.98. The molecule has 21 heavy (non-hydrogen) atoms. The lowest BCUT2D eigenvalue weighted by Crippen LogP contribution is -2.50. The van der Waals surface area contributed by atoms with E-state index in [1.54, 1.807) is 16.7 Å². The highest BCUT2D eigenvalue weighted by Crippen LogP contribution is 2.07. The van der Waals surface area contributed by atoms with Crippen molar-refractivity contribution >= 4 is 17.8 Å². The first kappa shape index (κ1) is 14.9.